The van der Waals surface area contributed by atoms with Gasteiger partial charge in [0.05, 0.1) is 17.9 Å². The van der Waals surface area contributed by atoms with Gasteiger partial charge in [0.15, 0.2) is 0 Å². The Morgan fingerprint density at radius 3 is 2.83 bits per heavy atom. The number of amides is 1. The number of aromatic nitrogens is 3. The number of rotatable bonds is 3. The Hall–Kier alpha value is -2.21. The molecule has 6 nitrogen and oxygen atoms in total. The van der Waals surface area contributed by atoms with Crippen LogP contribution < -0.4 is 0 Å². The van der Waals surface area contributed by atoms with Crippen molar-refractivity contribution in [3.8, 4) is 0 Å². The van der Waals surface area contributed by atoms with Gasteiger partial charge < -0.3 is 9.80 Å². The Kier molecular flexibility index (Phi) is 4.17. The molecule has 3 heterocycles. The third-order valence-corrected chi connectivity index (χ3v) is 4.19. The monoisotopic (exact) mass is 313 g/mol. The molecule has 1 amide bonds. The molecule has 0 N–H and O–H groups in total. The van der Waals surface area contributed by atoms with E-state index >= 15 is 0 Å². The largest absolute Gasteiger partial charge is 0.331 e. The lowest BCUT2D eigenvalue weighted by Crippen LogP contribution is -2.37. The minimum atomic E-state index is -0.00490. The first-order valence-corrected chi connectivity index (χ1v) is 7.87. The molecule has 23 heavy (non-hydrogen) atoms. The van der Waals surface area contributed by atoms with E-state index in [1.54, 1.807) is 6.07 Å². The quantitative estimate of drug-likeness (QED) is 0.859. The highest BCUT2D eigenvalue weighted by atomic mass is 16.2. The fourth-order valence-electron chi connectivity index (χ4n) is 3.08. The van der Waals surface area contributed by atoms with Crippen LogP contribution in [-0.4, -0.2) is 51.1 Å². The van der Waals surface area contributed by atoms with Crippen LogP contribution in [0.15, 0.2) is 18.2 Å². The summed E-state index contributed by atoms with van der Waals surface area (Å²) in [5, 5.41) is 4.63. The van der Waals surface area contributed by atoms with Gasteiger partial charge in [-0.15, -0.1) is 0 Å². The zero-order chi connectivity index (χ0) is 16.6. The molecule has 3 rings (SSSR count). The van der Waals surface area contributed by atoms with Gasteiger partial charge in [-0.05, 0) is 39.6 Å². The molecule has 0 aliphatic carbocycles. The van der Waals surface area contributed by atoms with E-state index in [2.05, 4.69) is 15.0 Å². The molecule has 0 unspecified atom stereocenters. The van der Waals surface area contributed by atoms with Crippen LogP contribution in [-0.2, 0) is 26.6 Å². The van der Waals surface area contributed by atoms with Gasteiger partial charge in [-0.3, -0.25) is 9.48 Å². The highest BCUT2D eigenvalue weighted by Crippen LogP contribution is 2.23. The molecule has 0 radical (unpaired) electrons. The molecular formula is C17H23N5O. The number of hydrogen-bond donors (Lipinski definition) is 0. The van der Waals surface area contributed by atoms with E-state index in [1.165, 1.54) is 5.56 Å². The summed E-state index contributed by atoms with van der Waals surface area (Å²) < 4.78 is 1.91. The first-order chi connectivity index (χ1) is 11.0. The van der Waals surface area contributed by atoms with E-state index in [1.807, 2.05) is 49.8 Å². The SMILES string of the molecule is Cc1cccc(C(=O)N2CCc3c(CN(C)C)nn(C)c3C2)n1. The van der Waals surface area contributed by atoms with Gasteiger partial charge in [-0.25, -0.2) is 4.98 Å². The van der Waals surface area contributed by atoms with Crippen LogP contribution in [0.3, 0.4) is 0 Å². The number of fused-ring (bicyclic) bond motifs is 1. The molecule has 0 fully saturated rings. The molecule has 2 aromatic heterocycles. The van der Waals surface area contributed by atoms with E-state index in [4.69, 9.17) is 0 Å². The zero-order valence-corrected chi connectivity index (χ0v) is 14.2. The van der Waals surface area contributed by atoms with E-state index in [9.17, 15) is 4.79 Å². The van der Waals surface area contributed by atoms with Crippen LogP contribution in [0, 0.1) is 6.92 Å². The maximum absolute atomic E-state index is 12.7. The summed E-state index contributed by atoms with van der Waals surface area (Å²) in [5.41, 5.74) is 4.93. The lowest BCUT2D eigenvalue weighted by Gasteiger charge is -2.27. The van der Waals surface area contributed by atoms with Crippen LogP contribution in [0.5, 0.6) is 0 Å². The summed E-state index contributed by atoms with van der Waals surface area (Å²) >= 11 is 0. The second-order valence-corrected chi connectivity index (χ2v) is 6.37. The molecule has 0 atom stereocenters. The van der Waals surface area contributed by atoms with Crippen molar-refractivity contribution in [1.29, 1.82) is 0 Å². The molecule has 0 aromatic carbocycles. The second-order valence-electron chi connectivity index (χ2n) is 6.37. The van der Waals surface area contributed by atoms with Crippen LogP contribution in [0.25, 0.3) is 0 Å². The summed E-state index contributed by atoms with van der Waals surface area (Å²) in [7, 11) is 6.04. The molecule has 6 heteroatoms. The van der Waals surface area contributed by atoms with Gasteiger partial charge in [-0.1, -0.05) is 6.07 Å². The number of pyridine rings is 1. The molecular weight excluding hydrogens is 290 g/mol. The molecule has 1 aliphatic rings. The Bertz CT molecular complexity index is 735. The van der Waals surface area contributed by atoms with Gasteiger partial charge in [0, 0.05) is 31.4 Å². The normalized spacial score (nSPS) is 14.2. The maximum Gasteiger partial charge on any atom is 0.272 e. The smallest absolute Gasteiger partial charge is 0.272 e. The molecule has 2 aromatic rings. The summed E-state index contributed by atoms with van der Waals surface area (Å²) in [6.07, 6.45) is 0.851. The Labute approximate surface area is 136 Å². The standard InChI is InChI=1S/C17H23N5O/c1-12-6-5-7-14(18-12)17(23)22-9-8-13-15(10-20(2)3)19-21(4)16(13)11-22/h5-7H,8-11H2,1-4H3. The van der Waals surface area contributed by atoms with Crippen LogP contribution in [0.4, 0.5) is 0 Å². The molecule has 0 spiro atoms. The van der Waals surface area contributed by atoms with Crippen molar-refractivity contribution in [2.24, 2.45) is 7.05 Å². The lowest BCUT2D eigenvalue weighted by atomic mass is 10.0. The Morgan fingerprint density at radius 1 is 1.35 bits per heavy atom. The van der Waals surface area contributed by atoms with Crippen molar-refractivity contribution in [3.63, 3.8) is 0 Å². The van der Waals surface area contributed by atoms with Gasteiger partial charge in [0.2, 0.25) is 0 Å². The van der Waals surface area contributed by atoms with Crippen LogP contribution >= 0.6 is 0 Å². The fourth-order valence-corrected chi connectivity index (χ4v) is 3.08. The van der Waals surface area contributed by atoms with Gasteiger partial charge in [0.25, 0.3) is 5.91 Å². The molecule has 1 aliphatic heterocycles. The van der Waals surface area contributed by atoms with Crippen LogP contribution in [0.2, 0.25) is 0 Å². The first-order valence-electron chi connectivity index (χ1n) is 7.87. The third kappa shape index (κ3) is 3.12. The third-order valence-electron chi connectivity index (χ3n) is 4.19. The van der Waals surface area contributed by atoms with Gasteiger partial charge in [0.1, 0.15) is 5.69 Å². The number of hydrogen-bond acceptors (Lipinski definition) is 4. The predicted octanol–water partition coefficient (Wildman–Crippen LogP) is 1.38. The van der Waals surface area contributed by atoms with E-state index < -0.39 is 0 Å². The van der Waals surface area contributed by atoms with Crippen molar-refractivity contribution in [3.05, 3.63) is 46.5 Å². The van der Waals surface area contributed by atoms with E-state index in [0.29, 0.717) is 18.8 Å². The summed E-state index contributed by atoms with van der Waals surface area (Å²) in [6.45, 7) is 4.05. The summed E-state index contributed by atoms with van der Waals surface area (Å²) in [6, 6.07) is 5.56. The van der Waals surface area contributed by atoms with E-state index in [-0.39, 0.29) is 5.91 Å². The predicted molar refractivity (Wildman–Crippen MR) is 88.0 cm³/mol. The second kappa shape index (κ2) is 6.12. The Morgan fingerprint density at radius 2 is 2.13 bits per heavy atom. The minimum absolute atomic E-state index is 0.00490. The van der Waals surface area contributed by atoms with E-state index in [0.717, 1.165) is 30.0 Å². The van der Waals surface area contributed by atoms with Crippen molar-refractivity contribution in [2.75, 3.05) is 20.6 Å². The van der Waals surface area contributed by atoms with Crippen molar-refractivity contribution >= 4 is 5.91 Å². The topological polar surface area (TPSA) is 54.3 Å². The number of carbonyl (C=O) groups excluding carboxylic acids is 1. The maximum atomic E-state index is 12.7. The lowest BCUT2D eigenvalue weighted by molar-refractivity contribution is 0.0724. The molecule has 0 saturated carbocycles. The number of carbonyl (C=O) groups is 1. The number of nitrogens with zero attached hydrogens (tertiary/aromatic N) is 5. The van der Waals surface area contributed by atoms with Crippen LogP contribution in [0.1, 0.15) is 33.1 Å². The number of aryl methyl sites for hydroxylation is 2. The summed E-state index contributed by atoms with van der Waals surface area (Å²) in [4.78, 5) is 21.0. The highest BCUT2D eigenvalue weighted by molar-refractivity contribution is 5.92. The summed E-state index contributed by atoms with van der Waals surface area (Å²) in [5.74, 6) is -0.00490. The van der Waals surface area contributed by atoms with Gasteiger partial charge >= 0.3 is 0 Å². The van der Waals surface area contributed by atoms with Crippen molar-refractivity contribution in [1.82, 2.24) is 24.6 Å². The minimum Gasteiger partial charge on any atom is -0.331 e. The first kappa shape index (κ1) is 15.7. The molecule has 0 bridgehead atoms. The van der Waals surface area contributed by atoms with Crippen molar-refractivity contribution in [2.45, 2.75) is 26.4 Å². The molecule has 122 valence electrons. The zero-order valence-electron chi connectivity index (χ0n) is 14.2. The molecule has 0 saturated heterocycles. The average Bonchev–Trinajstić information content (AvgIpc) is 2.81. The average molecular weight is 313 g/mol. The fraction of sp³-hybridized carbons (Fsp3) is 0.471. The Balaban J connectivity index is 1.83. The highest BCUT2D eigenvalue weighted by Gasteiger charge is 2.27. The van der Waals surface area contributed by atoms with Gasteiger partial charge in [-0.2, -0.15) is 5.10 Å². The van der Waals surface area contributed by atoms with Crippen molar-refractivity contribution < 1.29 is 4.79 Å².